The molecule has 0 amide bonds. The number of aliphatic carboxylic acids is 1. The molecule has 1 atom stereocenters. The number of H-pyrrole nitrogens is 1. The lowest BCUT2D eigenvalue weighted by Gasteiger charge is -2.11. The summed E-state index contributed by atoms with van der Waals surface area (Å²) in [6.07, 6.45) is 3.18. The molecule has 132 valence electrons. The van der Waals surface area contributed by atoms with Crippen molar-refractivity contribution in [1.82, 2.24) is 15.0 Å². The summed E-state index contributed by atoms with van der Waals surface area (Å²) in [5.41, 5.74) is 3.13. The van der Waals surface area contributed by atoms with Crippen LogP contribution in [0, 0.1) is 0 Å². The van der Waals surface area contributed by atoms with Crippen molar-refractivity contribution in [2.75, 3.05) is 0 Å². The number of carboxylic acid groups (broad SMARTS) is 1. The number of carbonyl (C=O) groups is 1. The van der Waals surface area contributed by atoms with E-state index in [2.05, 4.69) is 34.0 Å². The van der Waals surface area contributed by atoms with Gasteiger partial charge in [-0.1, -0.05) is 13.0 Å². The molecule has 0 unspecified atom stereocenters. The number of rotatable bonds is 5. The molecular weight excluding hydrogens is 350 g/mol. The van der Waals surface area contributed by atoms with Gasteiger partial charge in [0, 0.05) is 22.2 Å². The van der Waals surface area contributed by atoms with Gasteiger partial charge in [-0.3, -0.25) is 0 Å². The number of hydrogen-bond acceptors (Lipinski definition) is 5. The molecule has 3 heterocycles. The number of hydrogen-bond donors (Lipinski definition) is 2. The van der Waals surface area contributed by atoms with E-state index in [1.807, 2.05) is 18.3 Å². The molecule has 0 aliphatic heterocycles. The SMILES string of the molecule is CCc1sc2ncnc(O[C@H](C)C(=O)O)c2c1-c1ccc2[nH]ccc2c1. The van der Waals surface area contributed by atoms with Gasteiger partial charge in [0.15, 0.2) is 6.10 Å². The monoisotopic (exact) mass is 367 g/mol. The second kappa shape index (κ2) is 6.42. The zero-order valence-electron chi connectivity index (χ0n) is 14.3. The topological polar surface area (TPSA) is 88.1 Å². The summed E-state index contributed by atoms with van der Waals surface area (Å²) >= 11 is 1.59. The maximum atomic E-state index is 11.2. The third-order valence-corrected chi connectivity index (χ3v) is 5.57. The van der Waals surface area contributed by atoms with Gasteiger partial charge >= 0.3 is 5.97 Å². The first-order valence-electron chi connectivity index (χ1n) is 8.31. The van der Waals surface area contributed by atoms with E-state index < -0.39 is 12.1 Å². The maximum absolute atomic E-state index is 11.2. The van der Waals surface area contributed by atoms with Crippen LogP contribution in [0.25, 0.3) is 32.2 Å². The summed E-state index contributed by atoms with van der Waals surface area (Å²) in [4.78, 5) is 25.0. The van der Waals surface area contributed by atoms with Crippen molar-refractivity contribution in [3.8, 4) is 17.0 Å². The van der Waals surface area contributed by atoms with Crippen molar-refractivity contribution in [1.29, 1.82) is 0 Å². The predicted molar refractivity (Wildman–Crippen MR) is 102 cm³/mol. The highest BCUT2D eigenvalue weighted by Gasteiger charge is 2.22. The fraction of sp³-hybridized carbons (Fsp3) is 0.211. The molecule has 0 aliphatic carbocycles. The fourth-order valence-corrected chi connectivity index (χ4v) is 4.11. The molecule has 1 aromatic carbocycles. The average molecular weight is 367 g/mol. The van der Waals surface area contributed by atoms with E-state index in [-0.39, 0.29) is 0 Å². The minimum atomic E-state index is -1.03. The van der Waals surface area contributed by atoms with E-state index in [0.29, 0.717) is 5.88 Å². The number of nitrogens with zero attached hydrogens (tertiary/aromatic N) is 2. The number of carboxylic acids is 1. The summed E-state index contributed by atoms with van der Waals surface area (Å²) in [6.45, 7) is 3.59. The zero-order chi connectivity index (χ0) is 18.3. The average Bonchev–Trinajstić information content (AvgIpc) is 3.25. The maximum Gasteiger partial charge on any atom is 0.344 e. The number of aryl methyl sites for hydroxylation is 1. The Kier molecular flexibility index (Phi) is 4.08. The minimum Gasteiger partial charge on any atom is -0.479 e. The highest BCUT2D eigenvalue weighted by molar-refractivity contribution is 7.19. The molecule has 0 aliphatic rings. The van der Waals surface area contributed by atoms with Crippen LogP contribution in [0.1, 0.15) is 18.7 Å². The lowest BCUT2D eigenvalue weighted by molar-refractivity contribution is -0.144. The van der Waals surface area contributed by atoms with Crippen LogP contribution < -0.4 is 4.74 Å². The molecule has 6 nitrogen and oxygen atoms in total. The number of thiophene rings is 1. The minimum absolute atomic E-state index is 0.310. The van der Waals surface area contributed by atoms with Crippen LogP contribution in [0.5, 0.6) is 5.88 Å². The van der Waals surface area contributed by atoms with Gasteiger partial charge in [-0.15, -0.1) is 11.3 Å². The Morgan fingerprint density at radius 2 is 2.19 bits per heavy atom. The highest BCUT2D eigenvalue weighted by Crippen LogP contribution is 2.42. The third kappa shape index (κ3) is 2.70. The van der Waals surface area contributed by atoms with Gasteiger partial charge in [0.2, 0.25) is 5.88 Å². The van der Waals surface area contributed by atoms with E-state index in [4.69, 9.17) is 4.74 Å². The normalized spacial score (nSPS) is 12.5. The Morgan fingerprint density at radius 3 is 2.96 bits per heavy atom. The lowest BCUT2D eigenvalue weighted by atomic mass is 10.0. The molecule has 3 aromatic heterocycles. The first-order chi connectivity index (χ1) is 12.6. The quantitative estimate of drug-likeness (QED) is 0.550. The van der Waals surface area contributed by atoms with Crippen molar-refractivity contribution < 1.29 is 14.6 Å². The molecule has 0 radical (unpaired) electrons. The molecule has 0 spiro atoms. The third-order valence-electron chi connectivity index (χ3n) is 4.33. The molecule has 4 rings (SSSR count). The molecule has 0 saturated heterocycles. The van der Waals surface area contributed by atoms with Crippen LogP contribution in [0.15, 0.2) is 36.8 Å². The van der Waals surface area contributed by atoms with Crippen LogP contribution >= 0.6 is 11.3 Å². The van der Waals surface area contributed by atoms with E-state index in [0.717, 1.165) is 38.7 Å². The van der Waals surface area contributed by atoms with Crippen molar-refractivity contribution in [2.45, 2.75) is 26.4 Å². The largest absolute Gasteiger partial charge is 0.479 e. The molecule has 0 saturated carbocycles. The van der Waals surface area contributed by atoms with E-state index in [1.165, 1.54) is 18.1 Å². The van der Waals surface area contributed by atoms with Gasteiger partial charge in [-0.05, 0) is 42.5 Å². The van der Waals surface area contributed by atoms with Crippen molar-refractivity contribution in [2.24, 2.45) is 0 Å². The fourth-order valence-electron chi connectivity index (χ4n) is 3.02. The smallest absolute Gasteiger partial charge is 0.344 e. The van der Waals surface area contributed by atoms with Crippen molar-refractivity contribution >= 4 is 38.4 Å². The Labute approximate surface area is 153 Å². The number of aromatic nitrogens is 3. The van der Waals surface area contributed by atoms with Crippen LogP contribution in [-0.4, -0.2) is 32.1 Å². The van der Waals surface area contributed by atoms with Gasteiger partial charge in [0.05, 0.1) is 5.39 Å². The highest BCUT2D eigenvalue weighted by atomic mass is 32.1. The van der Waals surface area contributed by atoms with Crippen molar-refractivity contribution in [3.05, 3.63) is 41.7 Å². The summed E-state index contributed by atoms with van der Waals surface area (Å²) in [5.74, 6) is -0.719. The van der Waals surface area contributed by atoms with Crippen LogP contribution in [0.4, 0.5) is 0 Å². The number of nitrogens with one attached hydrogen (secondary N) is 1. The number of aromatic amines is 1. The van der Waals surface area contributed by atoms with Gasteiger partial charge in [0.1, 0.15) is 11.2 Å². The molecule has 2 N–H and O–H groups in total. The molecule has 7 heteroatoms. The van der Waals surface area contributed by atoms with Gasteiger partial charge in [-0.25, -0.2) is 14.8 Å². The van der Waals surface area contributed by atoms with Crippen LogP contribution in [0.2, 0.25) is 0 Å². The molecule has 0 fully saturated rings. The van der Waals surface area contributed by atoms with E-state index in [1.54, 1.807) is 11.3 Å². The Balaban J connectivity index is 1.95. The van der Waals surface area contributed by atoms with Gasteiger partial charge < -0.3 is 14.8 Å². The van der Waals surface area contributed by atoms with E-state index >= 15 is 0 Å². The molecule has 26 heavy (non-hydrogen) atoms. The Bertz CT molecular complexity index is 1120. The first-order valence-corrected chi connectivity index (χ1v) is 9.13. The van der Waals surface area contributed by atoms with Crippen molar-refractivity contribution in [3.63, 3.8) is 0 Å². The summed E-state index contributed by atoms with van der Waals surface area (Å²) < 4.78 is 5.63. The van der Waals surface area contributed by atoms with Gasteiger partial charge in [-0.2, -0.15) is 0 Å². The number of fused-ring (bicyclic) bond motifs is 2. The molecular formula is C19H17N3O3S. The predicted octanol–water partition coefficient (Wildman–Crippen LogP) is 4.25. The number of ether oxygens (including phenoxy) is 1. The first kappa shape index (κ1) is 16.5. The Hall–Kier alpha value is -2.93. The second-order valence-corrected chi connectivity index (χ2v) is 7.07. The molecule has 4 aromatic rings. The number of benzene rings is 1. The summed E-state index contributed by atoms with van der Waals surface area (Å²) in [7, 11) is 0. The van der Waals surface area contributed by atoms with Crippen LogP contribution in [0.3, 0.4) is 0 Å². The van der Waals surface area contributed by atoms with E-state index in [9.17, 15) is 9.90 Å². The van der Waals surface area contributed by atoms with Gasteiger partial charge in [0.25, 0.3) is 0 Å². The molecule has 0 bridgehead atoms. The van der Waals surface area contributed by atoms with Crippen LogP contribution in [-0.2, 0) is 11.2 Å². The lowest BCUT2D eigenvalue weighted by Crippen LogP contribution is -2.23. The summed E-state index contributed by atoms with van der Waals surface area (Å²) in [5, 5.41) is 11.1. The Morgan fingerprint density at radius 1 is 1.35 bits per heavy atom. The second-order valence-electron chi connectivity index (χ2n) is 5.99. The summed E-state index contributed by atoms with van der Waals surface area (Å²) in [6, 6.07) is 8.23. The standard InChI is InChI=1S/C19H17N3O3S/c1-3-14-15(12-4-5-13-11(8-12)6-7-20-13)16-17(25-10(2)19(23)24)21-9-22-18(16)26-14/h4-10,20H,3H2,1-2H3,(H,23,24)/t10-/m1/s1. The zero-order valence-corrected chi connectivity index (χ0v) is 15.1.